The van der Waals surface area contributed by atoms with Gasteiger partial charge < -0.3 is 9.47 Å². The second kappa shape index (κ2) is 3.27. The lowest BCUT2D eigenvalue weighted by molar-refractivity contribution is -0.146. The van der Waals surface area contributed by atoms with Crippen molar-refractivity contribution >= 4 is 5.97 Å². The lowest BCUT2D eigenvalue weighted by Crippen LogP contribution is -2.18. The van der Waals surface area contributed by atoms with Crippen molar-refractivity contribution in [2.24, 2.45) is 5.92 Å². The van der Waals surface area contributed by atoms with Crippen LogP contribution >= 0.6 is 0 Å². The third-order valence-corrected chi connectivity index (χ3v) is 2.25. The molecule has 0 heterocycles. The largest absolute Gasteiger partial charge is 0.466 e. The van der Waals surface area contributed by atoms with Crippen molar-refractivity contribution in [1.82, 2.24) is 0 Å². The minimum absolute atomic E-state index is 0.139. The fourth-order valence-electron chi connectivity index (χ4n) is 1.32. The fraction of sp³-hybridized carbons (Fsp3) is 0.667. The van der Waals surface area contributed by atoms with E-state index in [0.717, 1.165) is 0 Å². The maximum Gasteiger partial charge on any atom is 0.312 e. The summed E-state index contributed by atoms with van der Waals surface area (Å²) in [7, 11) is 1.58. The van der Waals surface area contributed by atoms with Crippen LogP contribution in [0.15, 0.2) is 12.7 Å². The molecule has 1 rings (SSSR count). The van der Waals surface area contributed by atoms with Crippen LogP contribution in [0.25, 0.3) is 0 Å². The Bertz CT molecular complexity index is 200. The first-order valence-corrected chi connectivity index (χ1v) is 4.05. The molecule has 68 valence electrons. The Hall–Kier alpha value is -0.830. The van der Waals surface area contributed by atoms with Gasteiger partial charge >= 0.3 is 5.97 Å². The van der Waals surface area contributed by atoms with E-state index < -0.39 is 5.60 Å². The Kier molecular flexibility index (Phi) is 2.52. The van der Waals surface area contributed by atoms with Crippen LogP contribution in [0.1, 0.15) is 13.3 Å². The van der Waals surface area contributed by atoms with Crippen LogP contribution in [0.5, 0.6) is 0 Å². The summed E-state index contributed by atoms with van der Waals surface area (Å²) in [6.07, 6.45) is 2.38. The lowest BCUT2D eigenvalue weighted by Gasteiger charge is -2.08. The Morgan fingerprint density at radius 2 is 2.50 bits per heavy atom. The average molecular weight is 170 g/mol. The fourth-order valence-corrected chi connectivity index (χ4v) is 1.32. The van der Waals surface area contributed by atoms with Crippen molar-refractivity contribution in [2.45, 2.75) is 18.9 Å². The highest BCUT2D eigenvalue weighted by molar-refractivity contribution is 5.78. The molecule has 2 atom stereocenters. The van der Waals surface area contributed by atoms with E-state index in [1.165, 1.54) is 0 Å². The normalized spacial score (nSPS) is 32.7. The Morgan fingerprint density at radius 3 is 2.83 bits per heavy atom. The molecular weight excluding hydrogens is 156 g/mol. The summed E-state index contributed by atoms with van der Waals surface area (Å²) in [5.41, 5.74) is -0.438. The summed E-state index contributed by atoms with van der Waals surface area (Å²) in [6.45, 7) is 5.84. The molecule has 1 saturated carbocycles. The van der Waals surface area contributed by atoms with Crippen molar-refractivity contribution in [2.75, 3.05) is 13.7 Å². The van der Waals surface area contributed by atoms with Gasteiger partial charge in [0, 0.05) is 7.11 Å². The Balaban J connectivity index is 2.49. The third kappa shape index (κ3) is 1.37. The number of ether oxygens (including phenoxy) is 2. The molecule has 0 bridgehead atoms. The van der Waals surface area contributed by atoms with E-state index in [1.807, 2.05) is 0 Å². The van der Waals surface area contributed by atoms with Crippen LogP contribution in [0.4, 0.5) is 0 Å². The highest BCUT2D eigenvalue weighted by Crippen LogP contribution is 2.48. The molecule has 12 heavy (non-hydrogen) atoms. The first-order valence-electron chi connectivity index (χ1n) is 4.05. The van der Waals surface area contributed by atoms with Gasteiger partial charge in [0.1, 0.15) is 0 Å². The van der Waals surface area contributed by atoms with E-state index >= 15 is 0 Å². The van der Waals surface area contributed by atoms with E-state index in [-0.39, 0.29) is 11.9 Å². The van der Waals surface area contributed by atoms with Crippen LogP contribution in [0, 0.1) is 5.92 Å². The number of methoxy groups -OCH3 is 1. The SMILES string of the molecule is C=CC1(OC)CC1C(=O)OCC. The smallest absolute Gasteiger partial charge is 0.312 e. The van der Waals surface area contributed by atoms with Gasteiger partial charge in [-0.15, -0.1) is 6.58 Å². The summed E-state index contributed by atoms with van der Waals surface area (Å²) in [4.78, 5) is 11.2. The van der Waals surface area contributed by atoms with Gasteiger partial charge in [0.25, 0.3) is 0 Å². The van der Waals surface area contributed by atoms with Crippen LogP contribution in [-0.4, -0.2) is 25.3 Å². The molecule has 1 aliphatic rings. The first-order chi connectivity index (χ1) is 5.70. The van der Waals surface area contributed by atoms with Crippen LogP contribution < -0.4 is 0 Å². The summed E-state index contributed by atoms with van der Waals surface area (Å²) >= 11 is 0. The molecule has 0 aliphatic heterocycles. The van der Waals surface area contributed by atoms with Crippen molar-refractivity contribution in [3.63, 3.8) is 0 Å². The van der Waals surface area contributed by atoms with Gasteiger partial charge in [-0.2, -0.15) is 0 Å². The van der Waals surface area contributed by atoms with E-state index in [2.05, 4.69) is 6.58 Å². The van der Waals surface area contributed by atoms with Gasteiger partial charge in [0.15, 0.2) is 0 Å². The summed E-state index contributed by atoms with van der Waals surface area (Å²) < 4.78 is 10.0. The molecular formula is C9H14O3. The molecule has 0 radical (unpaired) electrons. The van der Waals surface area contributed by atoms with Crippen LogP contribution in [-0.2, 0) is 14.3 Å². The molecule has 0 saturated heterocycles. The van der Waals surface area contributed by atoms with E-state index in [1.54, 1.807) is 20.1 Å². The second-order valence-corrected chi connectivity index (χ2v) is 2.87. The maximum atomic E-state index is 11.2. The zero-order chi connectivity index (χ0) is 9.19. The molecule has 0 N–H and O–H groups in total. The van der Waals surface area contributed by atoms with Crippen LogP contribution in [0.3, 0.4) is 0 Å². The van der Waals surface area contributed by atoms with Crippen molar-refractivity contribution in [3.8, 4) is 0 Å². The highest BCUT2D eigenvalue weighted by Gasteiger charge is 2.58. The predicted octanol–water partition coefficient (Wildman–Crippen LogP) is 1.14. The Labute approximate surface area is 72.4 Å². The number of rotatable bonds is 4. The van der Waals surface area contributed by atoms with Crippen molar-refractivity contribution in [3.05, 3.63) is 12.7 Å². The molecule has 0 spiro atoms. The molecule has 0 aromatic rings. The minimum Gasteiger partial charge on any atom is -0.466 e. The molecule has 1 fully saturated rings. The topological polar surface area (TPSA) is 35.5 Å². The number of hydrogen-bond acceptors (Lipinski definition) is 3. The molecule has 3 heteroatoms. The molecule has 2 unspecified atom stereocenters. The van der Waals surface area contributed by atoms with E-state index in [9.17, 15) is 4.79 Å². The highest BCUT2D eigenvalue weighted by atomic mass is 16.5. The number of hydrogen-bond donors (Lipinski definition) is 0. The van der Waals surface area contributed by atoms with Crippen molar-refractivity contribution in [1.29, 1.82) is 0 Å². The molecule has 1 aliphatic carbocycles. The van der Waals surface area contributed by atoms with Gasteiger partial charge in [0.05, 0.1) is 18.1 Å². The summed E-state index contributed by atoms with van der Waals surface area (Å²) in [6, 6.07) is 0. The zero-order valence-corrected chi connectivity index (χ0v) is 7.50. The second-order valence-electron chi connectivity index (χ2n) is 2.87. The van der Waals surface area contributed by atoms with Gasteiger partial charge in [-0.3, -0.25) is 4.79 Å². The minimum atomic E-state index is -0.438. The molecule has 3 nitrogen and oxygen atoms in total. The summed E-state index contributed by atoms with van der Waals surface area (Å²) in [5, 5.41) is 0. The van der Waals surface area contributed by atoms with Gasteiger partial charge in [0.2, 0.25) is 0 Å². The van der Waals surface area contributed by atoms with Gasteiger partial charge in [-0.1, -0.05) is 6.08 Å². The van der Waals surface area contributed by atoms with Gasteiger partial charge in [-0.05, 0) is 13.3 Å². The molecule has 0 aromatic carbocycles. The van der Waals surface area contributed by atoms with Gasteiger partial charge in [-0.25, -0.2) is 0 Å². The summed E-state index contributed by atoms with van der Waals surface area (Å²) in [5.74, 6) is -0.320. The van der Waals surface area contributed by atoms with E-state index in [0.29, 0.717) is 13.0 Å². The monoisotopic (exact) mass is 170 g/mol. The van der Waals surface area contributed by atoms with Crippen molar-refractivity contribution < 1.29 is 14.3 Å². The van der Waals surface area contributed by atoms with Crippen LogP contribution in [0.2, 0.25) is 0 Å². The first kappa shape index (κ1) is 9.26. The number of carbonyl (C=O) groups excluding carboxylic acids is 1. The molecule has 0 amide bonds. The Morgan fingerprint density at radius 1 is 1.83 bits per heavy atom. The molecule has 0 aromatic heterocycles. The maximum absolute atomic E-state index is 11.2. The third-order valence-electron chi connectivity index (χ3n) is 2.25. The number of esters is 1. The predicted molar refractivity (Wildman–Crippen MR) is 44.7 cm³/mol. The average Bonchev–Trinajstić information content (AvgIpc) is 2.80. The van der Waals surface area contributed by atoms with E-state index in [4.69, 9.17) is 9.47 Å². The lowest BCUT2D eigenvalue weighted by atomic mass is 10.2. The quantitative estimate of drug-likeness (QED) is 0.469. The standard InChI is InChI=1S/C9H14O3/c1-4-9(11-3)6-7(9)8(10)12-5-2/h4,7H,1,5-6H2,2-3H3. The zero-order valence-electron chi connectivity index (χ0n) is 7.50. The number of carbonyl (C=O) groups is 1.